The third kappa shape index (κ3) is 5.47. The van der Waals surface area contributed by atoms with Gasteiger partial charge in [0.2, 0.25) is 6.29 Å². The van der Waals surface area contributed by atoms with Crippen molar-refractivity contribution in [3.63, 3.8) is 0 Å². The van der Waals surface area contributed by atoms with E-state index < -0.39 is 6.29 Å². The molecule has 1 aromatic carbocycles. The van der Waals surface area contributed by atoms with Crippen LogP contribution in [-0.4, -0.2) is 37.1 Å². The van der Waals surface area contributed by atoms with E-state index in [1.54, 1.807) is 0 Å². The maximum Gasteiger partial charge on any atom is 0.286 e. The van der Waals surface area contributed by atoms with Gasteiger partial charge in [0.25, 0.3) is 5.91 Å². The lowest BCUT2D eigenvalue weighted by molar-refractivity contribution is -0.166. The molecule has 0 saturated heterocycles. The third-order valence-corrected chi connectivity index (χ3v) is 4.96. The van der Waals surface area contributed by atoms with Crippen molar-refractivity contribution < 1.29 is 19.4 Å². The average Bonchev–Trinajstić information content (AvgIpc) is 2.65. The maximum absolute atomic E-state index is 12.4. The van der Waals surface area contributed by atoms with E-state index >= 15 is 0 Å². The molecule has 1 aliphatic rings. The van der Waals surface area contributed by atoms with Gasteiger partial charge in [-0.3, -0.25) is 4.79 Å². The van der Waals surface area contributed by atoms with E-state index in [1.807, 2.05) is 25.1 Å². The van der Waals surface area contributed by atoms with Crippen LogP contribution in [0.1, 0.15) is 31.2 Å². The molecule has 0 bridgehead atoms. The molecule has 26 heavy (non-hydrogen) atoms. The zero-order valence-electron chi connectivity index (χ0n) is 14.8. The zero-order chi connectivity index (χ0) is 18.9. The second-order valence-electron chi connectivity index (χ2n) is 5.97. The number of aliphatic hydroxyl groups excluding tert-OH is 1. The summed E-state index contributed by atoms with van der Waals surface area (Å²) >= 11 is 2.26. The number of amides is 1. The molecule has 0 saturated carbocycles. The van der Waals surface area contributed by atoms with E-state index in [0.717, 1.165) is 15.6 Å². The second-order valence-corrected chi connectivity index (χ2v) is 7.21. The molecule has 0 spiro atoms. The van der Waals surface area contributed by atoms with Crippen molar-refractivity contribution in [2.45, 2.75) is 32.0 Å². The average molecular weight is 469 g/mol. The van der Waals surface area contributed by atoms with Gasteiger partial charge in [-0.05, 0) is 66.1 Å². The highest BCUT2D eigenvalue weighted by Gasteiger charge is 2.37. The van der Waals surface area contributed by atoms with E-state index in [4.69, 9.17) is 15.9 Å². The molecular formula is C20H24INO4. The molecule has 3 atom stereocenters. The van der Waals surface area contributed by atoms with Gasteiger partial charge in [0.1, 0.15) is 0 Å². The highest BCUT2D eigenvalue weighted by Crippen LogP contribution is 2.39. The summed E-state index contributed by atoms with van der Waals surface area (Å²) in [4.78, 5) is 12.4. The van der Waals surface area contributed by atoms with Crippen molar-refractivity contribution in [2.24, 2.45) is 5.92 Å². The van der Waals surface area contributed by atoms with Crippen LogP contribution in [0.3, 0.4) is 0 Å². The number of carbonyl (C=O) groups excluding carboxylic acids is 1. The van der Waals surface area contributed by atoms with Crippen molar-refractivity contribution >= 4 is 28.5 Å². The van der Waals surface area contributed by atoms with Crippen LogP contribution in [0.2, 0.25) is 0 Å². The van der Waals surface area contributed by atoms with Crippen LogP contribution >= 0.6 is 22.6 Å². The predicted octanol–water partition coefficient (Wildman–Crippen LogP) is 2.79. The van der Waals surface area contributed by atoms with E-state index in [-0.39, 0.29) is 36.7 Å². The Hall–Kier alpha value is -1.56. The fourth-order valence-corrected chi connectivity index (χ4v) is 3.41. The Morgan fingerprint density at radius 2 is 2.15 bits per heavy atom. The SMILES string of the molecule is C#CCNC(=O)C1=C[C@H](c2ccc(I)cc2)[C@H](CCCO)[C@H](OCC)O1. The fourth-order valence-electron chi connectivity index (χ4n) is 3.05. The van der Waals surface area contributed by atoms with Gasteiger partial charge in [-0.25, -0.2) is 0 Å². The van der Waals surface area contributed by atoms with Crippen LogP contribution in [0.15, 0.2) is 36.1 Å². The van der Waals surface area contributed by atoms with E-state index in [1.165, 1.54) is 0 Å². The van der Waals surface area contributed by atoms with Crippen molar-refractivity contribution in [3.8, 4) is 12.3 Å². The summed E-state index contributed by atoms with van der Waals surface area (Å²) in [6.07, 6.45) is 7.88. The molecule has 0 unspecified atom stereocenters. The molecule has 0 aliphatic carbocycles. The first-order valence-corrected chi connectivity index (χ1v) is 9.76. The number of hydrogen-bond donors (Lipinski definition) is 2. The molecule has 1 aliphatic heterocycles. The van der Waals surface area contributed by atoms with E-state index in [9.17, 15) is 9.90 Å². The van der Waals surface area contributed by atoms with Crippen LogP contribution < -0.4 is 5.32 Å². The smallest absolute Gasteiger partial charge is 0.286 e. The molecule has 1 aromatic rings. The molecule has 0 radical (unpaired) electrons. The molecule has 0 aromatic heterocycles. The number of benzene rings is 1. The lowest BCUT2D eigenvalue weighted by Gasteiger charge is -2.37. The largest absolute Gasteiger partial charge is 0.459 e. The molecule has 2 N–H and O–H groups in total. The summed E-state index contributed by atoms with van der Waals surface area (Å²) < 4.78 is 12.8. The van der Waals surface area contributed by atoms with Gasteiger partial charge in [-0.15, -0.1) is 6.42 Å². The maximum atomic E-state index is 12.4. The number of aliphatic hydroxyl groups is 1. The van der Waals surface area contributed by atoms with Gasteiger partial charge in [-0.1, -0.05) is 18.1 Å². The number of rotatable bonds is 8. The van der Waals surface area contributed by atoms with Crippen molar-refractivity contribution in [2.75, 3.05) is 19.8 Å². The topological polar surface area (TPSA) is 67.8 Å². The van der Waals surface area contributed by atoms with Crippen LogP contribution in [0.4, 0.5) is 0 Å². The molecule has 140 valence electrons. The number of terminal acetylenes is 1. The molecule has 2 rings (SSSR count). The normalized spacial score (nSPS) is 22.1. The highest BCUT2D eigenvalue weighted by molar-refractivity contribution is 14.1. The second kappa shape index (κ2) is 10.6. The monoisotopic (exact) mass is 469 g/mol. The van der Waals surface area contributed by atoms with Gasteiger partial charge in [-0.2, -0.15) is 0 Å². The molecule has 6 heteroatoms. The van der Waals surface area contributed by atoms with Crippen LogP contribution in [0.25, 0.3) is 0 Å². The van der Waals surface area contributed by atoms with Crippen molar-refractivity contribution in [1.82, 2.24) is 5.32 Å². The molecular weight excluding hydrogens is 445 g/mol. The van der Waals surface area contributed by atoms with Crippen LogP contribution in [-0.2, 0) is 14.3 Å². The Morgan fingerprint density at radius 1 is 1.42 bits per heavy atom. The summed E-state index contributed by atoms with van der Waals surface area (Å²) in [6, 6.07) is 8.19. The van der Waals surface area contributed by atoms with E-state index in [2.05, 4.69) is 46.0 Å². The Kier molecular flexibility index (Phi) is 8.42. The quantitative estimate of drug-likeness (QED) is 0.454. The Morgan fingerprint density at radius 3 is 2.77 bits per heavy atom. The summed E-state index contributed by atoms with van der Waals surface area (Å²) in [5.41, 5.74) is 1.09. The highest BCUT2D eigenvalue weighted by atomic mass is 127. The van der Waals surface area contributed by atoms with Gasteiger partial charge in [0, 0.05) is 28.6 Å². The minimum Gasteiger partial charge on any atom is -0.459 e. The number of carbonyl (C=O) groups is 1. The van der Waals surface area contributed by atoms with Gasteiger partial charge >= 0.3 is 0 Å². The number of nitrogens with one attached hydrogen (secondary N) is 1. The summed E-state index contributed by atoms with van der Waals surface area (Å²) in [5, 5.41) is 11.9. The minimum absolute atomic E-state index is 0.00587. The lowest BCUT2D eigenvalue weighted by Crippen LogP contribution is -2.39. The first-order chi connectivity index (χ1) is 12.6. The number of ether oxygens (including phenoxy) is 2. The standard InChI is InChI=1S/C20H24INO4/c1-3-11-22-19(24)18-13-17(14-7-9-15(21)10-8-14)16(6-5-12-23)20(26-18)25-4-2/h1,7-10,13,16-17,20,23H,4-6,11-12H2,2H3,(H,22,24)/t16-,17+,20+/m0/s1. The van der Waals surface area contributed by atoms with Gasteiger partial charge < -0.3 is 19.9 Å². The third-order valence-electron chi connectivity index (χ3n) is 4.24. The van der Waals surface area contributed by atoms with Gasteiger partial charge in [0.05, 0.1) is 6.54 Å². The first kappa shape index (κ1) is 20.7. The molecule has 1 heterocycles. The first-order valence-electron chi connectivity index (χ1n) is 8.68. The lowest BCUT2D eigenvalue weighted by atomic mass is 9.80. The summed E-state index contributed by atoms with van der Waals surface area (Å²) in [6.45, 7) is 2.61. The molecule has 0 fully saturated rings. The van der Waals surface area contributed by atoms with Crippen molar-refractivity contribution in [3.05, 3.63) is 45.2 Å². The summed E-state index contributed by atoms with van der Waals surface area (Å²) in [7, 11) is 0. The fraction of sp³-hybridized carbons (Fsp3) is 0.450. The van der Waals surface area contributed by atoms with Crippen LogP contribution in [0.5, 0.6) is 0 Å². The number of halogens is 1. The molecule has 1 amide bonds. The molecule has 5 nitrogen and oxygen atoms in total. The van der Waals surface area contributed by atoms with E-state index in [0.29, 0.717) is 13.0 Å². The van der Waals surface area contributed by atoms with Crippen LogP contribution in [0, 0.1) is 21.8 Å². The van der Waals surface area contributed by atoms with Crippen molar-refractivity contribution in [1.29, 1.82) is 0 Å². The number of hydrogen-bond acceptors (Lipinski definition) is 4. The Bertz CT molecular complexity index is 665. The zero-order valence-corrected chi connectivity index (χ0v) is 16.9. The minimum atomic E-state index is -0.549. The Balaban J connectivity index is 2.37. The predicted molar refractivity (Wildman–Crippen MR) is 108 cm³/mol. The summed E-state index contributed by atoms with van der Waals surface area (Å²) in [5.74, 6) is 2.23. The number of allylic oxidation sites excluding steroid dienone is 1. The Labute approximate surface area is 168 Å². The van der Waals surface area contributed by atoms with Gasteiger partial charge in [0.15, 0.2) is 5.76 Å².